The molecule has 0 atom stereocenters. The minimum Gasteiger partial charge on any atom is -0.398 e. The number of anilines is 1. The van der Waals surface area contributed by atoms with Crippen LogP contribution in [0.1, 0.15) is 0 Å². The summed E-state index contributed by atoms with van der Waals surface area (Å²) in [5.41, 5.74) is 10.1. The molecule has 0 aliphatic carbocycles. The van der Waals surface area contributed by atoms with E-state index in [1.54, 1.807) is 4.72 Å². The lowest BCUT2D eigenvalue weighted by molar-refractivity contribution is 0.253. The van der Waals surface area contributed by atoms with E-state index in [4.69, 9.17) is 23.1 Å². The normalized spacial score (nSPS) is 11.0. The number of nitrogen functional groups attached to an aromatic ring is 1. The fourth-order valence-corrected chi connectivity index (χ4v) is 2.55. The lowest BCUT2D eigenvalue weighted by Crippen LogP contribution is -2.35. The van der Waals surface area contributed by atoms with Gasteiger partial charge >= 0.3 is 6.03 Å². The summed E-state index contributed by atoms with van der Waals surface area (Å²) in [6, 6.07) is 2.98. The highest BCUT2D eigenvalue weighted by molar-refractivity contribution is 7.90. The molecule has 0 unspecified atom stereocenters. The van der Waals surface area contributed by atoms with E-state index in [1.165, 1.54) is 18.2 Å². The number of nitrogens with one attached hydrogen (secondary N) is 1. The summed E-state index contributed by atoms with van der Waals surface area (Å²) in [4.78, 5) is 10.1. The summed E-state index contributed by atoms with van der Waals surface area (Å²) in [7, 11) is -4.10. The Morgan fingerprint density at radius 2 is 2.00 bits per heavy atom. The molecule has 0 fully saturated rings. The van der Waals surface area contributed by atoms with Crippen LogP contribution in [-0.4, -0.2) is 14.4 Å². The van der Waals surface area contributed by atoms with Crippen LogP contribution in [0.15, 0.2) is 23.1 Å². The third kappa shape index (κ3) is 2.51. The number of halogens is 1. The van der Waals surface area contributed by atoms with Crippen molar-refractivity contribution in [1.82, 2.24) is 4.72 Å². The van der Waals surface area contributed by atoms with Gasteiger partial charge in [-0.1, -0.05) is 17.7 Å². The molecule has 1 rings (SSSR count). The molecule has 1 aromatic rings. The van der Waals surface area contributed by atoms with Gasteiger partial charge in [0.05, 0.1) is 10.7 Å². The predicted molar refractivity (Wildman–Crippen MR) is 55.8 cm³/mol. The van der Waals surface area contributed by atoms with Crippen molar-refractivity contribution in [1.29, 1.82) is 0 Å². The maximum Gasteiger partial charge on any atom is 0.326 e. The van der Waals surface area contributed by atoms with Crippen molar-refractivity contribution in [3.8, 4) is 0 Å². The van der Waals surface area contributed by atoms with Gasteiger partial charge in [-0.15, -0.1) is 0 Å². The minimum atomic E-state index is -4.10. The number of amides is 2. The maximum atomic E-state index is 11.5. The van der Waals surface area contributed by atoms with E-state index in [-0.39, 0.29) is 15.6 Å². The zero-order valence-electron chi connectivity index (χ0n) is 7.40. The van der Waals surface area contributed by atoms with Crippen LogP contribution in [0.5, 0.6) is 0 Å². The largest absolute Gasteiger partial charge is 0.398 e. The van der Waals surface area contributed by atoms with Gasteiger partial charge < -0.3 is 11.5 Å². The van der Waals surface area contributed by atoms with Gasteiger partial charge in [0.1, 0.15) is 4.90 Å². The van der Waals surface area contributed by atoms with E-state index < -0.39 is 16.1 Å². The molecule has 0 aliphatic rings. The van der Waals surface area contributed by atoms with Crippen LogP contribution in [0, 0.1) is 0 Å². The van der Waals surface area contributed by atoms with Crippen molar-refractivity contribution in [2.45, 2.75) is 4.90 Å². The van der Waals surface area contributed by atoms with E-state index in [0.717, 1.165) is 0 Å². The van der Waals surface area contributed by atoms with E-state index >= 15 is 0 Å². The molecule has 0 saturated heterocycles. The van der Waals surface area contributed by atoms with Crippen molar-refractivity contribution in [2.24, 2.45) is 5.73 Å². The van der Waals surface area contributed by atoms with E-state index in [1.807, 2.05) is 0 Å². The number of hydrogen-bond acceptors (Lipinski definition) is 4. The number of nitrogens with two attached hydrogens (primary N) is 2. The molecular weight excluding hydrogens is 242 g/mol. The van der Waals surface area contributed by atoms with Crippen molar-refractivity contribution >= 4 is 33.3 Å². The first-order valence-corrected chi connectivity index (χ1v) is 5.57. The number of carbonyl (C=O) groups excluding carboxylic acids is 1. The Hall–Kier alpha value is -1.47. The molecule has 0 spiro atoms. The highest BCUT2D eigenvalue weighted by atomic mass is 35.5. The molecule has 0 aliphatic heterocycles. The van der Waals surface area contributed by atoms with Crippen LogP contribution in [-0.2, 0) is 10.0 Å². The van der Waals surface area contributed by atoms with Crippen LogP contribution in [0.2, 0.25) is 5.02 Å². The molecule has 8 heteroatoms. The Bertz CT molecular complexity index is 480. The molecule has 1 aromatic carbocycles. The number of hydrogen-bond donors (Lipinski definition) is 3. The van der Waals surface area contributed by atoms with Gasteiger partial charge in [0.2, 0.25) is 0 Å². The van der Waals surface area contributed by atoms with Crippen LogP contribution in [0.25, 0.3) is 0 Å². The highest BCUT2D eigenvalue weighted by Crippen LogP contribution is 2.26. The van der Waals surface area contributed by atoms with Gasteiger partial charge in [0.25, 0.3) is 10.0 Å². The van der Waals surface area contributed by atoms with Gasteiger partial charge in [-0.05, 0) is 12.1 Å². The average Bonchev–Trinajstić information content (AvgIpc) is 1.99. The number of urea groups is 1. The summed E-state index contributed by atoms with van der Waals surface area (Å²) in [6.45, 7) is 0. The first-order chi connectivity index (χ1) is 6.84. The van der Waals surface area contributed by atoms with Crippen molar-refractivity contribution in [2.75, 3.05) is 5.73 Å². The first-order valence-electron chi connectivity index (χ1n) is 3.71. The molecule has 0 radical (unpaired) electrons. The smallest absolute Gasteiger partial charge is 0.326 e. The topological polar surface area (TPSA) is 115 Å². The molecule has 82 valence electrons. The molecule has 0 aromatic heterocycles. The standard InChI is InChI=1S/C7H8ClN3O3S/c8-4-2-1-3-5(9)6(4)15(13,14)11-7(10)12/h1-3H,9H2,(H3,10,11,12). The summed E-state index contributed by atoms with van der Waals surface area (Å²) >= 11 is 5.65. The Labute approximate surface area is 91.3 Å². The fraction of sp³-hybridized carbons (Fsp3) is 0. The fourth-order valence-electron chi connectivity index (χ4n) is 0.992. The molecule has 0 heterocycles. The minimum absolute atomic E-state index is 0.0590. The molecule has 5 N–H and O–H groups in total. The highest BCUT2D eigenvalue weighted by Gasteiger charge is 2.22. The Morgan fingerprint density at radius 3 is 2.47 bits per heavy atom. The van der Waals surface area contributed by atoms with Crippen molar-refractivity contribution < 1.29 is 13.2 Å². The van der Waals surface area contributed by atoms with Crippen molar-refractivity contribution in [3.63, 3.8) is 0 Å². The number of rotatable bonds is 2. The summed E-state index contributed by atoms with van der Waals surface area (Å²) in [5, 5.41) is -0.0799. The van der Waals surface area contributed by atoms with Gasteiger partial charge in [0, 0.05) is 0 Å². The first kappa shape index (κ1) is 11.6. The average molecular weight is 250 g/mol. The van der Waals surface area contributed by atoms with E-state index in [9.17, 15) is 13.2 Å². The van der Waals surface area contributed by atoms with E-state index in [0.29, 0.717) is 0 Å². The molecule has 0 bridgehead atoms. The van der Waals surface area contributed by atoms with Crippen LogP contribution in [0.4, 0.5) is 10.5 Å². The second-order valence-electron chi connectivity index (χ2n) is 2.63. The number of primary amides is 1. The van der Waals surface area contributed by atoms with Gasteiger partial charge in [-0.25, -0.2) is 17.9 Å². The third-order valence-corrected chi connectivity index (χ3v) is 3.39. The number of sulfonamides is 1. The number of carbonyl (C=O) groups is 1. The van der Waals surface area contributed by atoms with Gasteiger partial charge in [-0.2, -0.15) is 0 Å². The zero-order chi connectivity index (χ0) is 11.6. The maximum absolute atomic E-state index is 11.5. The Balaban J connectivity index is 3.33. The van der Waals surface area contributed by atoms with E-state index in [2.05, 4.69) is 0 Å². The quantitative estimate of drug-likeness (QED) is 0.653. The van der Waals surface area contributed by atoms with Gasteiger partial charge in [-0.3, -0.25) is 0 Å². The van der Waals surface area contributed by atoms with Gasteiger partial charge in [0.15, 0.2) is 0 Å². The Morgan fingerprint density at radius 1 is 1.40 bits per heavy atom. The summed E-state index contributed by atoms with van der Waals surface area (Å²) in [5.74, 6) is 0. The summed E-state index contributed by atoms with van der Waals surface area (Å²) in [6.07, 6.45) is 0. The molecule has 2 amide bonds. The predicted octanol–water partition coefficient (Wildman–Crippen LogP) is 0.279. The monoisotopic (exact) mass is 249 g/mol. The molecular formula is C7H8ClN3O3S. The van der Waals surface area contributed by atoms with Crippen LogP contribution in [0.3, 0.4) is 0 Å². The second-order valence-corrected chi connectivity index (χ2v) is 4.65. The molecule has 0 saturated carbocycles. The molecule has 15 heavy (non-hydrogen) atoms. The van der Waals surface area contributed by atoms with Crippen molar-refractivity contribution in [3.05, 3.63) is 23.2 Å². The number of benzene rings is 1. The zero-order valence-corrected chi connectivity index (χ0v) is 8.97. The third-order valence-electron chi connectivity index (χ3n) is 1.50. The lowest BCUT2D eigenvalue weighted by Gasteiger charge is -2.08. The van der Waals surface area contributed by atoms with Crippen LogP contribution >= 0.6 is 11.6 Å². The second kappa shape index (κ2) is 3.95. The van der Waals surface area contributed by atoms with Crippen LogP contribution < -0.4 is 16.2 Å². The SMILES string of the molecule is NC(=O)NS(=O)(=O)c1c(N)cccc1Cl. The Kier molecular flexibility index (Phi) is 3.06. The summed E-state index contributed by atoms with van der Waals surface area (Å²) < 4.78 is 24.6. The molecule has 6 nitrogen and oxygen atoms in total. The lowest BCUT2D eigenvalue weighted by atomic mass is 10.3.